The van der Waals surface area contributed by atoms with Gasteiger partial charge in [-0.3, -0.25) is 14.4 Å². The Hall–Kier alpha value is -4.07. The zero-order chi connectivity index (χ0) is 43.9. The van der Waals surface area contributed by atoms with Crippen LogP contribution >= 0.6 is 34.8 Å². The number of alkyl carbamates (subject to hydrolysis) is 1. The number of carbonyl (C=O) groups is 4. The van der Waals surface area contributed by atoms with Crippen LogP contribution in [0.2, 0.25) is 0 Å². The number of aliphatic hydroxyl groups is 1. The minimum absolute atomic E-state index is 0.0110. The Labute approximate surface area is 367 Å². The van der Waals surface area contributed by atoms with Crippen molar-refractivity contribution in [2.45, 2.75) is 106 Å². The molecule has 61 heavy (non-hydrogen) atoms. The Morgan fingerprint density at radius 1 is 0.623 bits per heavy atom. The molecule has 19 heteroatoms. The van der Waals surface area contributed by atoms with Gasteiger partial charge in [0.1, 0.15) is 49.8 Å². The van der Waals surface area contributed by atoms with Crippen LogP contribution in [0.1, 0.15) is 37.5 Å². The summed E-state index contributed by atoms with van der Waals surface area (Å²) in [5.74, 6) is -2.42. The van der Waals surface area contributed by atoms with Crippen LogP contribution in [0.4, 0.5) is 4.79 Å². The average Bonchev–Trinajstić information content (AvgIpc) is 3.21. The lowest BCUT2D eigenvalue weighted by Crippen LogP contribution is -2.69. The molecular weight excluding hydrogens is 865 g/mol. The van der Waals surface area contributed by atoms with E-state index in [0.717, 1.165) is 37.5 Å². The summed E-state index contributed by atoms with van der Waals surface area (Å²) >= 11 is 17.5. The lowest BCUT2D eigenvalue weighted by atomic mass is 9.95. The van der Waals surface area contributed by atoms with E-state index >= 15 is 0 Å². The van der Waals surface area contributed by atoms with Crippen molar-refractivity contribution in [2.75, 3.05) is 19.8 Å². The molecule has 2 N–H and O–H groups in total. The number of aliphatic hydroxyl groups excluding tert-OH is 1. The number of esters is 3. The van der Waals surface area contributed by atoms with Crippen molar-refractivity contribution in [3.63, 3.8) is 0 Å². The van der Waals surface area contributed by atoms with E-state index in [9.17, 15) is 24.3 Å². The molecule has 10 atom stereocenters. The number of alkyl halides is 3. The van der Waals surface area contributed by atoms with Crippen molar-refractivity contribution >= 4 is 58.8 Å². The fourth-order valence-electron chi connectivity index (χ4n) is 6.62. The molecule has 0 aromatic heterocycles. The van der Waals surface area contributed by atoms with Gasteiger partial charge in [-0.15, -0.1) is 0 Å². The van der Waals surface area contributed by atoms with E-state index in [1.165, 1.54) is 0 Å². The summed E-state index contributed by atoms with van der Waals surface area (Å²) in [6.45, 7) is 2.35. The Kier molecular flexibility index (Phi) is 18.4. The predicted molar refractivity (Wildman–Crippen MR) is 217 cm³/mol. The maximum atomic E-state index is 13.3. The molecule has 5 rings (SSSR count). The van der Waals surface area contributed by atoms with Crippen LogP contribution in [0.5, 0.6) is 0 Å². The smallest absolute Gasteiger partial charge is 0.407 e. The van der Waals surface area contributed by atoms with Crippen molar-refractivity contribution in [1.29, 1.82) is 0 Å². The monoisotopic (exact) mass is 911 g/mol. The van der Waals surface area contributed by atoms with Crippen LogP contribution in [0.15, 0.2) is 91.0 Å². The topological polar surface area (TPSA) is 193 Å². The molecule has 2 saturated heterocycles. The number of halogens is 3. The van der Waals surface area contributed by atoms with E-state index < -0.39 is 102 Å². The number of benzene rings is 3. The SMILES string of the molecule is CC(=O)OCC1O[C@@H](OC2C(OCc3ccccc3)[C@H](OCc3ccccc3)C(COCc3ccccc3)O[C@@H]2O)C(NC(=O)OCC(Cl)(Cl)Cl)C(OC(C)=O)[C@@H]1OC(C)=O. The lowest BCUT2D eigenvalue weighted by Gasteiger charge is -2.49. The number of amides is 1. The molecule has 2 aliphatic heterocycles. The predicted octanol–water partition coefficient (Wildman–Crippen LogP) is 5.09. The maximum Gasteiger partial charge on any atom is 0.407 e. The quantitative estimate of drug-likeness (QED) is 0.0973. The molecule has 0 saturated carbocycles. The molecule has 0 radical (unpaired) electrons. The highest BCUT2D eigenvalue weighted by atomic mass is 35.6. The maximum absolute atomic E-state index is 13.3. The fourth-order valence-corrected chi connectivity index (χ4v) is 6.78. The van der Waals surface area contributed by atoms with Gasteiger partial charge in [0.05, 0.1) is 26.4 Å². The molecule has 6 unspecified atom stereocenters. The Bertz CT molecular complexity index is 1840. The number of hydrogen-bond acceptors (Lipinski definition) is 15. The van der Waals surface area contributed by atoms with Crippen molar-refractivity contribution < 1.29 is 71.7 Å². The van der Waals surface area contributed by atoms with Crippen molar-refractivity contribution in [2.24, 2.45) is 0 Å². The Balaban J connectivity index is 1.54. The van der Waals surface area contributed by atoms with Gasteiger partial charge in [0, 0.05) is 20.8 Å². The second-order valence-electron chi connectivity index (χ2n) is 14.0. The largest absolute Gasteiger partial charge is 0.463 e. The second kappa shape index (κ2) is 23.4. The first-order valence-electron chi connectivity index (χ1n) is 19.2. The van der Waals surface area contributed by atoms with Gasteiger partial charge in [0.25, 0.3) is 0 Å². The van der Waals surface area contributed by atoms with Gasteiger partial charge >= 0.3 is 24.0 Å². The zero-order valence-corrected chi connectivity index (χ0v) is 35.7. The molecule has 1 amide bonds. The summed E-state index contributed by atoms with van der Waals surface area (Å²) in [5.41, 5.74) is 2.49. The molecule has 3 aromatic rings. The van der Waals surface area contributed by atoms with Crippen LogP contribution in [0.3, 0.4) is 0 Å². The van der Waals surface area contributed by atoms with Crippen molar-refractivity contribution in [3.05, 3.63) is 108 Å². The van der Waals surface area contributed by atoms with Crippen molar-refractivity contribution in [1.82, 2.24) is 5.32 Å². The highest BCUT2D eigenvalue weighted by Crippen LogP contribution is 2.35. The second-order valence-corrected chi connectivity index (χ2v) is 16.6. The first kappa shape index (κ1) is 48.0. The molecule has 0 aliphatic carbocycles. The number of carbonyl (C=O) groups excluding carboxylic acids is 4. The number of nitrogens with one attached hydrogen (secondary N) is 1. The van der Waals surface area contributed by atoms with Gasteiger partial charge < -0.3 is 57.8 Å². The van der Waals surface area contributed by atoms with Crippen LogP contribution in [0.25, 0.3) is 0 Å². The molecule has 0 spiro atoms. The molecule has 2 aliphatic rings. The lowest BCUT2D eigenvalue weighted by molar-refractivity contribution is -0.358. The van der Waals surface area contributed by atoms with Crippen LogP contribution in [-0.4, -0.2) is 114 Å². The minimum atomic E-state index is -2.01. The Morgan fingerprint density at radius 3 is 1.66 bits per heavy atom. The molecule has 2 heterocycles. The summed E-state index contributed by atoms with van der Waals surface area (Å²) in [6.07, 6.45) is -13.7. The molecular formula is C42H48Cl3NO15. The first-order chi connectivity index (χ1) is 29.2. The number of ether oxygens (including phenoxy) is 10. The standard InChI is InChI=1S/C42H48Cl3NO15/c1-25(47)53-23-32-35(57-26(2)48)36(58-27(3)49)33(46-41(51)56-24-42(43,44)45)40(60-32)61-38-37(55-21-30-17-11-6-12-18-30)34(54-20-29-15-9-5-10-16-29)31(59-39(38)50)22-52-19-28-13-7-4-8-14-28/h4-18,31-40,50H,19-24H2,1-3H3,(H,46,51)/t31?,32?,33?,34-,35-,36?,37?,38?,39+,40+/m1/s1. The third kappa shape index (κ3) is 15.4. The van der Waals surface area contributed by atoms with Gasteiger partial charge in [0.15, 0.2) is 24.8 Å². The summed E-state index contributed by atoms with van der Waals surface area (Å²) in [7, 11) is 0. The summed E-state index contributed by atoms with van der Waals surface area (Å²) in [5, 5.41) is 14.3. The van der Waals surface area contributed by atoms with Gasteiger partial charge in [-0.05, 0) is 16.7 Å². The van der Waals surface area contributed by atoms with Gasteiger partial charge in [-0.25, -0.2) is 4.79 Å². The fraction of sp³-hybridized carbons (Fsp3) is 0.476. The number of rotatable bonds is 18. The summed E-state index contributed by atoms with van der Waals surface area (Å²) < 4.78 is 57.8. The van der Waals surface area contributed by atoms with E-state index in [0.29, 0.717) is 0 Å². The van der Waals surface area contributed by atoms with E-state index in [1.807, 2.05) is 91.0 Å². The Morgan fingerprint density at radius 2 is 1.13 bits per heavy atom. The first-order valence-corrected chi connectivity index (χ1v) is 20.3. The molecule has 0 bridgehead atoms. The van der Waals surface area contributed by atoms with E-state index in [2.05, 4.69) is 5.32 Å². The molecule has 332 valence electrons. The molecule has 16 nitrogen and oxygen atoms in total. The van der Waals surface area contributed by atoms with Crippen LogP contribution in [0, 0.1) is 0 Å². The van der Waals surface area contributed by atoms with Crippen molar-refractivity contribution in [3.8, 4) is 0 Å². The highest BCUT2D eigenvalue weighted by Gasteiger charge is 2.55. The third-order valence-corrected chi connectivity index (χ3v) is 9.54. The molecule has 3 aromatic carbocycles. The van der Waals surface area contributed by atoms with E-state index in [1.54, 1.807) is 0 Å². The average molecular weight is 913 g/mol. The zero-order valence-electron chi connectivity index (χ0n) is 33.5. The van der Waals surface area contributed by atoms with E-state index in [-0.39, 0.29) is 26.4 Å². The van der Waals surface area contributed by atoms with Gasteiger partial charge in [0.2, 0.25) is 3.79 Å². The highest BCUT2D eigenvalue weighted by molar-refractivity contribution is 6.67. The third-order valence-electron chi connectivity index (χ3n) is 9.22. The minimum Gasteiger partial charge on any atom is -0.463 e. The normalized spacial score (nSPS) is 26.4. The van der Waals surface area contributed by atoms with Crippen LogP contribution in [-0.2, 0) is 81.6 Å². The molecule has 2 fully saturated rings. The summed E-state index contributed by atoms with van der Waals surface area (Å²) in [6, 6.07) is 26.4. The van der Waals surface area contributed by atoms with Gasteiger partial charge in [-0.2, -0.15) is 0 Å². The number of hydrogen-bond donors (Lipinski definition) is 2. The van der Waals surface area contributed by atoms with E-state index in [4.69, 9.17) is 82.2 Å². The summed E-state index contributed by atoms with van der Waals surface area (Å²) in [4.78, 5) is 50.3. The van der Waals surface area contributed by atoms with Gasteiger partial charge in [-0.1, -0.05) is 126 Å². The van der Waals surface area contributed by atoms with Crippen LogP contribution < -0.4 is 5.32 Å².